The van der Waals surface area contributed by atoms with E-state index in [1.165, 1.54) is 6.92 Å². The normalized spacial score (nSPS) is 14.0. The van der Waals surface area contributed by atoms with Gasteiger partial charge >= 0.3 is 5.97 Å². The van der Waals surface area contributed by atoms with E-state index in [-0.39, 0.29) is 0 Å². The van der Waals surface area contributed by atoms with Crippen LogP contribution in [-0.2, 0) is 14.3 Å². The van der Waals surface area contributed by atoms with Crippen molar-refractivity contribution in [2.24, 2.45) is 0 Å². The van der Waals surface area contributed by atoms with E-state index in [9.17, 15) is 14.7 Å². The molecule has 1 N–H and O–H groups in total. The number of ketones is 1. The predicted octanol–water partition coefficient (Wildman–Crippen LogP) is 0.222. The summed E-state index contributed by atoms with van der Waals surface area (Å²) in [7, 11) is 0. The van der Waals surface area contributed by atoms with E-state index < -0.39 is 24.0 Å². The molecule has 0 amide bonds. The van der Waals surface area contributed by atoms with Crippen molar-refractivity contribution in [1.29, 1.82) is 0 Å². The Morgan fingerprint density at radius 2 is 2.00 bits per heavy atom. The largest absolute Gasteiger partial charge is 0.459 e. The lowest BCUT2D eigenvalue weighted by Crippen LogP contribution is -2.39. The summed E-state index contributed by atoms with van der Waals surface area (Å²) < 4.78 is 4.50. The average Bonchev–Trinajstić information content (AvgIpc) is 2.12. The third kappa shape index (κ3) is 3.66. The van der Waals surface area contributed by atoms with Crippen LogP contribution in [-0.4, -0.2) is 29.1 Å². The van der Waals surface area contributed by atoms with Crippen molar-refractivity contribution in [3.63, 3.8) is 0 Å². The minimum absolute atomic E-state index is 0.400. The molecule has 0 aromatic carbocycles. The third-order valence-electron chi connectivity index (χ3n) is 1.38. The fourth-order valence-corrected chi connectivity index (χ4v) is 0.562. The van der Waals surface area contributed by atoms with Gasteiger partial charge in [-0.3, -0.25) is 4.79 Å². The minimum atomic E-state index is -1.71. The lowest BCUT2D eigenvalue weighted by atomic mass is 10.0. The molecular weight excluding hydrogens is 172 g/mol. The van der Waals surface area contributed by atoms with Crippen LogP contribution in [0.1, 0.15) is 6.92 Å². The van der Waals surface area contributed by atoms with Crippen molar-refractivity contribution >= 4 is 11.8 Å². The first-order chi connectivity index (χ1) is 5.94. The van der Waals surface area contributed by atoms with Gasteiger partial charge in [-0.1, -0.05) is 13.2 Å². The van der Waals surface area contributed by atoms with Crippen LogP contribution in [0.2, 0.25) is 0 Å². The molecule has 13 heavy (non-hydrogen) atoms. The molecule has 0 heterocycles. The third-order valence-corrected chi connectivity index (χ3v) is 1.38. The van der Waals surface area contributed by atoms with Gasteiger partial charge in [0.1, 0.15) is 6.61 Å². The maximum absolute atomic E-state index is 10.9. The van der Waals surface area contributed by atoms with Gasteiger partial charge in [0, 0.05) is 6.08 Å². The molecule has 1 atom stereocenters. The molecule has 0 aromatic rings. The van der Waals surface area contributed by atoms with Crippen LogP contribution in [0.3, 0.4) is 0 Å². The minimum Gasteiger partial charge on any atom is -0.459 e. The molecule has 0 saturated carbocycles. The number of aliphatic hydroxyl groups is 1. The van der Waals surface area contributed by atoms with E-state index in [0.717, 1.165) is 12.2 Å². The Morgan fingerprint density at radius 3 is 2.38 bits per heavy atom. The summed E-state index contributed by atoms with van der Waals surface area (Å²) in [5.74, 6) is -1.28. The summed E-state index contributed by atoms with van der Waals surface area (Å²) in [5.41, 5.74) is -1.71. The van der Waals surface area contributed by atoms with Gasteiger partial charge < -0.3 is 9.84 Å². The Balaban J connectivity index is 4.17. The first kappa shape index (κ1) is 11.6. The average molecular weight is 184 g/mol. The predicted molar refractivity (Wildman–Crippen MR) is 47.0 cm³/mol. The highest BCUT2D eigenvalue weighted by Crippen LogP contribution is 2.06. The first-order valence-corrected chi connectivity index (χ1v) is 3.62. The van der Waals surface area contributed by atoms with Gasteiger partial charge in [-0.05, 0) is 13.0 Å². The summed E-state index contributed by atoms with van der Waals surface area (Å²) in [6.45, 7) is 7.21. The highest BCUT2D eigenvalue weighted by Gasteiger charge is 2.29. The van der Waals surface area contributed by atoms with Crippen LogP contribution >= 0.6 is 0 Å². The quantitative estimate of drug-likeness (QED) is 0.490. The van der Waals surface area contributed by atoms with E-state index in [2.05, 4.69) is 17.9 Å². The van der Waals surface area contributed by atoms with Crippen LogP contribution in [0.4, 0.5) is 0 Å². The molecule has 1 unspecified atom stereocenters. The summed E-state index contributed by atoms with van der Waals surface area (Å²) in [6, 6.07) is 0. The second-order valence-corrected chi connectivity index (χ2v) is 2.65. The molecule has 0 aliphatic carbocycles. The Labute approximate surface area is 76.5 Å². The molecular formula is C9H12O4. The van der Waals surface area contributed by atoms with Gasteiger partial charge in [0.15, 0.2) is 11.4 Å². The van der Waals surface area contributed by atoms with Crippen molar-refractivity contribution in [1.82, 2.24) is 0 Å². The molecule has 0 radical (unpaired) electrons. The highest BCUT2D eigenvalue weighted by atomic mass is 16.5. The van der Waals surface area contributed by atoms with Gasteiger partial charge in [-0.2, -0.15) is 0 Å². The second-order valence-electron chi connectivity index (χ2n) is 2.65. The molecule has 0 aromatic heterocycles. The maximum Gasteiger partial charge on any atom is 0.330 e. The van der Waals surface area contributed by atoms with Gasteiger partial charge in [-0.15, -0.1) is 0 Å². The van der Waals surface area contributed by atoms with Crippen LogP contribution in [0.5, 0.6) is 0 Å². The van der Waals surface area contributed by atoms with Crippen LogP contribution in [0.25, 0.3) is 0 Å². The summed E-state index contributed by atoms with van der Waals surface area (Å²) in [5, 5.41) is 9.40. The van der Waals surface area contributed by atoms with Crippen molar-refractivity contribution in [2.75, 3.05) is 6.61 Å². The summed E-state index contributed by atoms with van der Waals surface area (Å²) in [4.78, 5) is 21.5. The van der Waals surface area contributed by atoms with Crippen molar-refractivity contribution in [3.05, 3.63) is 25.3 Å². The second kappa shape index (κ2) is 4.57. The summed E-state index contributed by atoms with van der Waals surface area (Å²) >= 11 is 0. The Bertz CT molecular complexity index is 240. The number of hydrogen-bond acceptors (Lipinski definition) is 4. The van der Waals surface area contributed by atoms with E-state index in [1.54, 1.807) is 0 Å². The number of rotatable bonds is 5. The Hall–Kier alpha value is -1.42. The van der Waals surface area contributed by atoms with E-state index in [4.69, 9.17) is 0 Å². The molecule has 0 bridgehead atoms. The number of carbonyl (C=O) groups is 2. The lowest BCUT2D eigenvalue weighted by molar-refractivity contribution is -0.149. The van der Waals surface area contributed by atoms with Crippen molar-refractivity contribution < 1.29 is 19.4 Å². The smallest absolute Gasteiger partial charge is 0.330 e. The Morgan fingerprint density at radius 1 is 1.46 bits per heavy atom. The van der Waals surface area contributed by atoms with Gasteiger partial charge in [0.25, 0.3) is 0 Å². The lowest BCUT2D eigenvalue weighted by Gasteiger charge is -2.18. The number of carbonyl (C=O) groups excluding carboxylic acids is 2. The topological polar surface area (TPSA) is 63.6 Å². The van der Waals surface area contributed by atoms with Crippen LogP contribution < -0.4 is 0 Å². The highest BCUT2D eigenvalue weighted by molar-refractivity contribution is 5.96. The van der Waals surface area contributed by atoms with E-state index in [1.807, 2.05) is 0 Å². The zero-order valence-corrected chi connectivity index (χ0v) is 7.45. The molecule has 0 spiro atoms. The van der Waals surface area contributed by atoms with Gasteiger partial charge in [0.05, 0.1) is 0 Å². The number of esters is 1. The Kier molecular flexibility index (Phi) is 4.07. The molecule has 0 fully saturated rings. The standard InChI is InChI=1S/C9H12O4/c1-4-7(10)9(3,12)6-13-8(11)5-2/h4-5,12H,1-2,6H2,3H3. The first-order valence-electron chi connectivity index (χ1n) is 3.62. The molecule has 0 saturated heterocycles. The molecule has 4 nitrogen and oxygen atoms in total. The van der Waals surface area contributed by atoms with Gasteiger partial charge in [-0.25, -0.2) is 4.79 Å². The zero-order chi connectivity index (χ0) is 10.5. The zero-order valence-electron chi connectivity index (χ0n) is 7.45. The molecule has 0 rings (SSSR count). The van der Waals surface area contributed by atoms with Crippen LogP contribution in [0.15, 0.2) is 25.3 Å². The fourth-order valence-electron chi connectivity index (χ4n) is 0.562. The van der Waals surface area contributed by atoms with Crippen molar-refractivity contribution in [3.8, 4) is 0 Å². The molecule has 0 aliphatic rings. The number of ether oxygens (including phenoxy) is 1. The van der Waals surface area contributed by atoms with Crippen molar-refractivity contribution in [2.45, 2.75) is 12.5 Å². The van der Waals surface area contributed by atoms with Crippen LogP contribution in [0, 0.1) is 0 Å². The monoisotopic (exact) mass is 184 g/mol. The SMILES string of the molecule is C=CC(=O)OCC(C)(O)C(=O)C=C. The molecule has 4 heteroatoms. The number of hydrogen-bond donors (Lipinski definition) is 1. The maximum atomic E-state index is 10.9. The van der Waals surface area contributed by atoms with E-state index in [0.29, 0.717) is 0 Å². The molecule has 72 valence electrons. The van der Waals surface area contributed by atoms with Gasteiger partial charge in [0.2, 0.25) is 0 Å². The van der Waals surface area contributed by atoms with E-state index >= 15 is 0 Å². The molecule has 0 aliphatic heterocycles. The summed E-state index contributed by atoms with van der Waals surface area (Å²) in [6.07, 6.45) is 1.93. The fraction of sp³-hybridized carbons (Fsp3) is 0.333.